The fourth-order valence-corrected chi connectivity index (χ4v) is 0.428. The Morgan fingerprint density at radius 1 is 1.60 bits per heavy atom. The molecule has 0 radical (unpaired) electrons. The molecule has 0 rings (SSSR count). The lowest BCUT2D eigenvalue weighted by atomic mass is 10.3. The van der Waals surface area contributed by atoms with E-state index in [1.807, 2.05) is 6.92 Å². The highest BCUT2D eigenvalue weighted by molar-refractivity contribution is 5.81. The van der Waals surface area contributed by atoms with E-state index in [1.54, 1.807) is 0 Å². The van der Waals surface area contributed by atoms with Gasteiger partial charge >= 0.3 is 0 Å². The smallest absolute Gasteiger partial charge is 0.0448 e. The number of hydrogen-bond donors (Lipinski definition) is 2. The van der Waals surface area contributed by atoms with Crippen LogP contribution in [0.1, 0.15) is 26.7 Å². The molecule has 0 fully saturated rings. The highest BCUT2D eigenvalue weighted by atomic mass is 16.3. The third-order valence-electron chi connectivity index (χ3n) is 1.23. The van der Waals surface area contributed by atoms with Crippen molar-refractivity contribution >= 4 is 5.71 Å². The first kappa shape index (κ1) is 9.43. The summed E-state index contributed by atoms with van der Waals surface area (Å²) >= 11 is 0. The van der Waals surface area contributed by atoms with E-state index < -0.39 is 0 Å². The lowest BCUT2D eigenvalue weighted by molar-refractivity contribution is 0.286. The Kier molecular flexibility index (Phi) is 6.18. The van der Waals surface area contributed by atoms with Crippen molar-refractivity contribution in [3.63, 3.8) is 0 Å². The minimum Gasteiger partial charge on any atom is -0.396 e. The maximum absolute atomic E-state index is 8.40. The first-order valence-corrected chi connectivity index (χ1v) is 3.68. The molecule has 0 atom stereocenters. The molecule has 0 aliphatic carbocycles. The van der Waals surface area contributed by atoms with E-state index in [4.69, 9.17) is 5.11 Å². The molecule has 0 spiro atoms. The average Bonchev–Trinajstić information content (AvgIpc) is 1.98. The van der Waals surface area contributed by atoms with Crippen LogP contribution >= 0.6 is 0 Å². The van der Waals surface area contributed by atoms with Gasteiger partial charge in [-0.3, -0.25) is 0 Å². The maximum atomic E-state index is 8.40. The number of aliphatic hydroxyl groups is 1. The lowest BCUT2D eigenvalue weighted by Gasteiger charge is -1.98. The summed E-state index contributed by atoms with van der Waals surface area (Å²) in [5, 5.41) is 12.4. The minimum atomic E-state index is 0.230. The van der Waals surface area contributed by atoms with Crippen LogP contribution in [-0.2, 0) is 0 Å². The molecule has 60 valence electrons. The first-order valence-electron chi connectivity index (χ1n) is 3.68. The van der Waals surface area contributed by atoms with Gasteiger partial charge in [0.05, 0.1) is 0 Å². The molecular weight excluding hydrogens is 128 g/mol. The Morgan fingerprint density at radius 3 is 2.80 bits per heavy atom. The van der Waals surface area contributed by atoms with Crippen LogP contribution in [-0.4, -0.2) is 24.0 Å². The number of rotatable bonds is 5. The number of hydrogen-bond acceptors (Lipinski definition) is 3. The van der Waals surface area contributed by atoms with E-state index >= 15 is 0 Å². The quantitative estimate of drug-likeness (QED) is 0.339. The number of nitrogens with zero attached hydrogens (tertiary/aromatic N) is 1. The van der Waals surface area contributed by atoms with E-state index in [1.165, 1.54) is 0 Å². The van der Waals surface area contributed by atoms with Gasteiger partial charge in [-0.25, -0.2) is 0 Å². The van der Waals surface area contributed by atoms with Gasteiger partial charge in [0.2, 0.25) is 0 Å². The SMILES string of the molecule is CC/C(C)=N/NCCCO. The predicted octanol–water partition coefficient (Wildman–Crippen LogP) is 0.744. The van der Waals surface area contributed by atoms with E-state index in [9.17, 15) is 0 Å². The van der Waals surface area contributed by atoms with Gasteiger partial charge in [0.15, 0.2) is 0 Å². The fraction of sp³-hybridized carbons (Fsp3) is 0.857. The van der Waals surface area contributed by atoms with Crippen molar-refractivity contribution in [1.82, 2.24) is 5.43 Å². The predicted molar refractivity (Wildman–Crippen MR) is 43.1 cm³/mol. The molecule has 0 unspecified atom stereocenters. The molecule has 3 nitrogen and oxygen atoms in total. The molecule has 0 heterocycles. The van der Waals surface area contributed by atoms with E-state index in [0.29, 0.717) is 0 Å². The molecule has 2 N–H and O–H groups in total. The van der Waals surface area contributed by atoms with Crippen LogP contribution < -0.4 is 5.43 Å². The summed E-state index contributed by atoms with van der Waals surface area (Å²) < 4.78 is 0. The zero-order chi connectivity index (χ0) is 7.82. The van der Waals surface area contributed by atoms with Gasteiger partial charge in [0, 0.05) is 18.9 Å². The molecule has 0 aromatic rings. The standard InChI is InChI=1S/C7H16N2O/c1-3-7(2)9-8-5-4-6-10/h8,10H,3-6H2,1-2H3/b9-7+. The topological polar surface area (TPSA) is 44.6 Å². The number of hydrazone groups is 1. The number of aliphatic hydroxyl groups excluding tert-OH is 1. The maximum Gasteiger partial charge on any atom is 0.0448 e. The van der Waals surface area contributed by atoms with Crippen molar-refractivity contribution in [1.29, 1.82) is 0 Å². The van der Waals surface area contributed by atoms with Crippen molar-refractivity contribution in [2.45, 2.75) is 26.7 Å². The van der Waals surface area contributed by atoms with Crippen LogP contribution in [0.25, 0.3) is 0 Å². The molecule has 10 heavy (non-hydrogen) atoms. The van der Waals surface area contributed by atoms with Crippen molar-refractivity contribution in [2.75, 3.05) is 13.2 Å². The summed E-state index contributed by atoms with van der Waals surface area (Å²) in [6.07, 6.45) is 1.74. The van der Waals surface area contributed by atoms with Gasteiger partial charge in [-0.2, -0.15) is 5.10 Å². The Balaban J connectivity index is 3.16. The molecule has 0 aliphatic heterocycles. The van der Waals surface area contributed by atoms with Crippen molar-refractivity contribution in [3.8, 4) is 0 Å². The second kappa shape index (κ2) is 6.55. The van der Waals surface area contributed by atoms with Gasteiger partial charge in [0.1, 0.15) is 0 Å². The largest absolute Gasteiger partial charge is 0.396 e. The van der Waals surface area contributed by atoms with Crippen molar-refractivity contribution < 1.29 is 5.11 Å². The zero-order valence-corrected chi connectivity index (χ0v) is 6.72. The van der Waals surface area contributed by atoms with Gasteiger partial charge in [-0.15, -0.1) is 0 Å². The minimum absolute atomic E-state index is 0.230. The highest BCUT2D eigenvalue weighted by Crippen LogP contribution is 1.81. The molecule has 0 aromatic heterocycles. The Hall–Kier alpha value is -0.570. The molecular formula is C7H16N2O. The third-order valence-corrected chi connectivity index (χ3v) is 1.23. The fourth-order valence-electron chi connectivity index (χ4n) is 0.428. The Labute approximate surface area is 62.1 Å². The first-order chi connectivity index (χ1) is 4.81. The van der Waals surface area contributed by atoms with E-state index in [0.717, 1.165) is 25.1 Å². The molecule has 0 aromatic carbocycles. The van der Waals surface area contributed by atoms with Crippen LogP contribution in [0.2, 0.25) is 0 Å². The van der Waals surface area contributed by atoms with Crippen molar-refractivity contribution in [2.24, 2.45) is 5.10 Å². The summed E-state index contributed by atoms with van der Waals surface area (Å²) in [7, 11) is 0. The van der Waals surface area contributed by atoms with Crippen LogP contribution in [0.3, 0.4) is 0 Å². The summed E-state index contributed by atoms with van der Waals surface area (Å²) in [5.41, 5.74) is 3.96. The monoisotopic (exact) mass is 144 g/mol. The van der Waals surface area contributed by atoms with Gasteiger partial charge < -0.3 is 10.5 Å². The second-order valence-corrected chi connectivity index (χ2v) is 2.19. The zero-order valence-electron chi connectivity index (χ0n) is 6.72. The Morgan fingerprint density at radius 2 is 2.30 bits per heavy atom. The molecule has 0 aliphatic rings. The van der Waals surface area contributed by atoms with Crippen LogP contribution in [0.5, 0.6) is 0 Å². The normalized spacial score (nSPS) is 11.7. The van der Waals surface area contributed by atoms with Gasteiger partial charge in [-0.1, -0.05) is 6.92 Å². The molecule has 3 heteroatoms. The highest BCUT2D eigenvalue weighted by Gasteiger charge is 1.83. The summed E-state index contributed by atoms with van der Waals surface area (Å²) in [6.45, 7) is 5.03. The van der Waals surface area contributed by atoms with E-state index in [2.05, 4.69) is 17.5 Å². The van der Waals surface area contributed by atoms with Gasteiger partial charge in [0.25, 0.3) is 0 Å². The summed E-state index contributed by atoms with van der Waals surface area (Å²) in [5.74, 6) is 0. The average molecular weight is 144 g/mol. The van der Waals surface area contributed by atoms with Crippen LogP contribution in [0.4, 0.5) is 0 Å². The molecule has 0 saturated heterocycles. The molecule has 0 bridgehead atoms. The lowest BCUT2D eigenvalue weighted by Crippen LogP contribution is -2.11. The summed E-state index contributed by atoms with van der Waals surface area (Å²) in [4.78, 5) is 0. The molecule has 0 saturated carbocycles. The third kappa shape index (κ3) is 5.56. The summed E-state index contributed by atoms with van der Waals surface area (Å²) in [6, 6.07) is 0. The Bertz CT molecular complexity index is 102. The van der Waals surface area contributed by atoms with Gasteiger partial charge in [-0.05, 0) is 19.8 Å². The van der Waals surface area contributed by atoms with Crippen molar-refractivity contribution in [3.05, 3.63) is 0 Å². The van der Waals surface area contributed by atoms with Crippen LogP contribution in [0, 0.1) is 0 Å². The van der Waals surface area contributed by atoms with Crippen LogP contribution in [0.15, 0.2) is 5.10 Å². The molecule has 0 amide bonds. The second-order valence-electron chi connectivity index (χ2n) is 2.19. The number of nitrogens with one attached hydrogen (secondary N) is 1. The van der Waals surface area contributed by atoms with E-state index in [-0.39, 0.29) is 6.61 Å².